The summed E-state index contributed by atoms with van der Waals surface area (Å²) >= 11 is 0. The van der Waals surface area contributed by atoms with E-state index in [2.05, 4.69) is 53.6 Å². The van der Waals surface area contributed by atoms with Gasteiger partial charge in [0, 0.05) is 49.9 Å². The number of esters is 1. The molecule has 2 saturated heterocycles. The van der Waals surface area contributed by atoms with Crippen molar-refractivity contribution >= 4 is 11.8 Å². The van der Waals surface area contributed by atoms with Crippen LogP contribution in [0.5, 0.6) is 0 Å². The fraction of sp³-hybridized carbons (Fsp3) is 0.750. The Bertz CT molecular complexity index is 914. The Morgan fingerprint density at radius 1 is 0.861 bits per heavy atom. The summed E-state index contributed by atoms with van der Waals surface area (Å²) in [5.41, 5.74) is 7.30. The molecule has 200 valence electrons. The smallest absolute Gasteiger partial charge is 0.327 e. The van der Waals surface area contributed by atoms with Gasteiger partial charge in [0.05, 0.1) is 79.4 Å². The second kappa shape index (κ2) is 12.0. The van der Waals surface area contributed by atoms with E-state index >= 15 is 0 Å². The van der Waals surface area contributed by atoms with Gasteiger partial charge in [0.25, 0.3) is 0 Å². The van der Waals surface area contributed by atoms with Crippen molar-refractivity contribution in [3.63, 3.8) is 0 Å². The quantitative estimate of drug-likeness (QED) is 0.416. The molecule has 2 aromatic heterocycles. The minimum absolute atomic E-state index is 0.0205. The first-order valence-corrected chi connectivity index (χ1v) is 12.7. The second-order valence-corrected chi connectivity index (χ2v) is 11.3. The molecule has 4 rings (SSSR count). The third kappa shape index (κ3) is 8.17. The number of methoxy groups -OCH3 is 1. The van der Waals surface area contributed by atoms with Crippen molar-refractivity contribution in [2.24, 2.45) is 5.73 Å². The predicted octanol–water partition coefficient (Wildman–Crippen LogP) is 0.165. The summed E-state index contributed by atoms with van der Waals surface area (Å²) in [6.07, 6.45) is 8.29. The number of hydrogen-bond donors (Lipinski definition) is 1. The second-order valence-electron chi connectivity index (χ2n) is 11.3. The van der Waals surface area contributed by atoms with Crippen molar-refractivity contribution in [3.05, 3.63) is 23.8 Å². The van der Waals surface area contributed by atoms with Crippen LogP contribution in [0.25, 0.3) is 0 Å². The highest BCUT2D eigenvalue weighted by Crippen LogP contribution is 2.29. The van der Waals surface area contributed by atoms with E-state index in [0.29, 0.717) is 11.8 Å². The normalized spacial score (nSPS) is 19.8. The van der Waals surface area contributed by atoms with Crippen LogP contribution >= 0.6 is 0 Å². The number of carbonyl (C=O) groups is 2. The summed E-state index contributed by atoms with van der Waals surface area (Å²) in [4.78, 5) is 22.4. The van der Waals surface area contributed by atoms with Gasteiger partial charge in [-0.1, -0.05) is 10.4 Å². The number of nitrogens with zero attached hydrogens (tertiary/aromatic N) is 8. The molecule has 2 fully saturated rings. The topological polar surface area (TPSA) is 131 Å². The van der Waals surface area contributed by atoms with Crippen molar-refractivity contribution in [1.29, 1.82) is 0 Å². The number of nitrogens with two attached hydrogens (primary N) is 1. The maximum atomic E-state index is 11.2. The number of aromatic nitrogens is 6. The summed E-state index contributed by atoms with van der Waals surface area (Å²) in [7, 11) is 10.4. The molecule has 0 saturated carbocycles. The Kier molecular flexibility index (Phi) is 9.31. The highest BCUT2D eigenvalue weighted by molar-refractivity contribution is 5.79. The Hall–Kier alpha value is -2.70. The molecule has 2 aliphatic rings. The number of ketones is 1. The van der Waals surface area contributed by atoms with Crippen LogP contribution in [-0.4, -0.2) is 119 Å². The van der Waals surface area contributed by atoms with E-state index in [-0.39, 0.29) is 31.4 Å². The van der Waals surface area contributed by atoms with Gasteiger partial charge >= 0.3 is 5.97 Å². The summed E-state index contributed by atoms with van der Waals surface area (Å²) in [5, 5.41) is 16.3. The highest BCUT2D eigenvalue weighted by Gasteiger charge is 2.29. The van der Waals surface area contributed by atoms with E-state index in [4.69, 9.17) is 5.73 Å². The van der Waals surface area contributed by atoms with E-state index in [1.807, 2.05) is 12.4 Å². The number of carbonyl (C=O) groups excluding carboxylic acids is 2. The number of rotatable bonds is 7. The molecule has 0 spiro atoms. The van der Waals surface area contributed by atoms with Gasteiger partial charge in [0.15, 0.2) is 5.78 Å². The molecule has 2 aromatic rings. The van der Waals surface area contributed by atoms with Gasteiger partial charge in [-0.05, 0) is 0 Å². The van der Waals surface area contributed by atoms with Crippen LogP contribution in [0.3, 0.4) is 0 Å². The zero-order chi connectivity index (χ0) is 26.3. The van der Waals surface area contributed by atoms with E-state index in [9.17, 15) is 9.59 Å². The summed E-state index contributed by atoms with van der Waals surface area (Å²) in [5.74, 6) is 0.640. The molecule has 12 nitrogen and oxygen atoms in total. The van der Waals surface area contributed by atoms with Gasteiger partial charge < -0.3 is 19.4 Å². The van der Waals surface area contributed by atoms with Crippen molar-refractivity contribution in [3.8, 4) is 0 Å². The summed E-state index contributed by atoms with van der Waals surface area (Å²) in [6, 6.07) is 0. The zero-order valence-electron chi connectivity index (χ0n) is 22.5. The third-order valence-electron chi connectivity index (χ3n) is 7.37. The van der Waals surface area contributed by atoms with Gasteiger partial charge in [0.2, 0.25) is 0 Å². The number of piperidine rings is 2. The average molecular weight is 506 g/mol. The standard InChI is InChI=1S/C12H22N5O.C12H21N4O2/c1-17(2)5-3-10(4-6-17)12-9-16(15-14-12)8-11(18)7-13;1-16(2)6-4-10(5-7-16)11-8-15(14-13-11)9-12(17)18-3/h9-10H,3-8,13H2,1-2H3;8,10H,4-7,9H2,1-3H3/q2*+1. The van der Waals surface area contributed by atoms with Crippen molar-refractivity contribution in [2.45, 2.75) is 50.6 Å². The Balaban J connectivity index is 0.000000201. The number of ether oxygens (including phenoxy) is 1. The van der Waals surface area contributed by atoms with Crippen molar-refractivity contribution in [2.75, 3.05) is 68.0 Å². The first-order valence-electron chi connectivity index (χ1n) is 12.7. The minimum atomic E-state index is -0.298. The van der Waals surface area contributed by atoms with E-state index in [1.54, 1.807) is 9.36 Å². The minimum Gasteiger partial charge on any atom is -0.468 e. The monoisotopic (exact) mass is 505 g/mol. The molecule has 4 heterocycles. The van der Waals surface area contributed by atoms with Gasteiger partial charge in [-0.25, -0.2) is 9.36 Å². The van der Waals surface area contributed by atoms with Gasteiger partial charge in [-0.15, -0.1) is 10.2 Å². The lowest BCUT2D eigenvalue weighted by Gasteiger charge is -2.36. The van der Waals surface area contributed by atoms with Crippen molar-refractivity contribution < 1.29 is 23.3 Å². The molecule has 0 atom stereocenters. The van der Waals surface area contributed by atoms with Crippen LogP contribution in [0.2, 0.25) is 0 Å². The largest absolute Gasteiger partial charge is 0.468 e. The van der Waals surface area contributed by atoms with Crippen LogP contribution in [0.4, 0.5) is 0 Å². The molecule has 0 bridgehead atoms. The number of quaternary nitrogens is 2. The molecular weight excluding hydrogens is 462 g/mol. The van der Waals surface area contributed by atoms with E-state index < -0.39 is 0 Å². The Labute approximate surface area is 213 Å². The Morgan fingerprint density at radius 2 is 1.28 bits per heavy atom. The average Bonchev–Trinajstić information content (AvgIpc) is 3.49. The zero-order valence-corrected chi connectivity index (χ0v) is 22.5. The molecular formula is C24H43N9O3+2. The molecule has 0 radical (unpaired) electrons. The number of Topliss-reactive ketones (excluding diaryl/α,β-unsaturated/α-hetero) is 1. The fourth-order valence-electron chi connectivity index (χ4n) is 4.72. The lowest BCUT2D eigenvalue weighted by Crippen LogP contribution is -2.45. The van der Waals surface area contributed by atoms with E-state index in [0.717, 1.165) is 59.1 Å². The maximum Gasteiger partial charge on any atom is 0.327 e. The predicted molar refractivity (Wildman–Crippen MR) is 134 cm³/mol. The molecule has 0 aromatic carbocycles. The summed E-state index contributed by atoms with van der Waals surface area (Å²) in [6.45, 7) is 5.08. The first kappa shape index (κ1) is 27.9. The SMILES string of the molecule is COC(=O)Cn1cc(C2CC[N+](C)(C)CC2)nn1.C[N+]1(C)CCC(c2cn(CC(=O)CN)nn2)CC1. The molecule has 2 N–H and O–H groups in total. The summed E-state index contributed by atoms with van der Waals surface area (Å²) < 4.78 is 9.91. The van der Waals surface area contributed by atoms with Gasteiger partial charge in [-0.2, -0.15) is 0 Å². The van der Waals surface area contributed by atoms with Gasteiger partial charge in [0.1, 0.15) is 13.1 Å². The van der Waals surface area contributed by atoms with Crippen LogP contribution in [0, 0.1) is 0 Å². The molecule has 36 heavy (non-hydrogen) atoms. The Morgan fingerprint density at radius 3 is 1.67 bits per heavy atom. The fourth-order valence-corrected chi connectivity index (χ4v) is 4.72. The molecule has 0 amide bonds. The molecule has 2 aliphatic heterocycles. The third-order valence-corrected chi connectivity index (χ3v) is 7.37. The van der Waals surface area contributed by atoms with Crippen molar-refractivity contribution in [1.82, 2.24) is 30.0 Å². The van der Waals surface area contributed by atoms with Crippen LogP contribution in [0.1, 0.15) is 48.9 Å². The molecule has 0 aliphatic carbocycles. The van der Waals surface area contributed by atoms with E-state index in [1.165, 1.54) is 20.2 Å². The lowest BCUT2D eigenvalue weighted by molar-refractivity contribution is -0.895. The van der Waals surface area contributed by atoms with Crippen LogP contribution in [-0.2, 0) is 27.4 Å². The number of likely N-dealkylation sites (tertiary alicyclic amines) is 2. The van der Waals surface area contributed by atoms with Crippen LogP contribution < -0.4 is 5.73 Å². The molecule has 0 unspecified atom stereocenters. The van der Waals surface area contributed by atoms with Gasteiger partial charge in [-0.3, -0.25) is 9.59 Å². The highest BCUT2D eigenvalue weighted by atomic mass is 16.5. The number of hydrogen-bond acceptors (Lipinski definition) is 8. The first-order chi connectivity index (χ1) is 17.0. The van der Waals surface area contributed by atoms with Crippen LogP contribution in [0.15, 0.2) is 12.4 Å². The molecule has 12 heteroatoms. The lowest BCUT2D eigenvalue weighted by atomic mass is 9.93. The maximum absolute atomic E-state index is 11.2.